The zero-order chi connectivity index (χ0) is 14.5. The number of rotatable bonds is 5. The molecule has 0 unspecified atom stereocenters. The number of hydrogen-bond donors (Lipinski definition) is 2. The molecule has 1 amide bonds. The number of aromatic nitrogens is 2. The van der Waals surface area contributed by atoms with Gasteiger partial charge >= 0.3 is 0 Å². The lowest BCUT2D eigenvalue weighted by Gasteiger charge is -2.14. The fourth-order valence-electron chi connectivity index (χ4n) is 1.84. The molecule has 1 heterocycles. The van der Waals surface area contributed by atoms with Crippen LogP contribution in [0, 0.1) is 0 Å². The summed E-state index contributed by atoms with van der Waals surface area (Å²) < 4.78 is 1.83. The van der Waals surface area contributed by atoms with Gasteiger partial charge in [-0.1, -0.05) is 0 Å². The number of nitrogens with one attached hydrogen (secondary N) is 1. The van der Waals surface area contributed by atoms with E-state index in [1.54, 1.807) is 43.4 Å². The maximum atomic E-state index is 11.9. The van der Waals surface area contributed by atoms with Crippen LogP contribution in [-0.2, 0) is 6.54 Å². The molecule has 0 saturated carbocycles. The highest BCUT2D eigenvalue weighted by molar-refractivity contribution is 5.95. The second kappa shape index (κ2) is 6.10. The number of amides is 1. The molecule has 2 aromatic rings. The van der Waals surface area contributed by atoms with Gasteiger partial charge in [-0.05, 0) is 24.3 Å². The minimum Gasteiger partial charge on any atom is -0.397 e. The first-order valence-electron chi connectivity index (χ1n) is 6.40. The maximum absolute atomic E-state index is 11.9. The van der Waals surface area contributed by atoms with Gasteiger partial charge in [-0.25, -0.2) is 0 Å². The summed E-state index contributed by atoms with van der Waals surface area (Å²) in [4.78, 5) is 13.5. The third kappa shape index (κ3) is 3.28. The number of carbonyl (C=O) groups is 1. The largest absolute Gasteiger partial charge is 0.397 e. The lowest BCUT2D eigenvalue weighted by molar-refractivity contribution is 0.0827. The van der Waals surface area contributed by atoms with Gasteiger partial charge in [0.05, 0.1) is 17.9 Å². The van der Waals surface area contributed by atoms with Crippen molar-refractivity contribution in [3.05, 3.63) is 42.2 Å². The molecule has 0 fully saturated rings. The minimum absolute atomic E-state index is 0.0415. The monoisotopic (exact) mass is 273 g/mol. The topological polar surface area (TPSA) is 76.2 Å². The molecule has 3 N–H and O–H groups in total. The Balaban J connectivity index is 2.03. The van der Waals surface area contributed by atoms with E-state index in [0.717, 1.165) is 12.2 Å². The normalized spacial score (nSPS) is 10.3. The van der Waals surface area contributed by atoms with E-state index in [1.165, 1.54) is 0 Å². The number of nitrogens with two attached hydrogens (primary N) is 1. The highest BCUT2D eigenvalue weighted by atomic mass is 16.2. The van der Waals surface area contributed by atoms with Gasteiger partial charge in [-0.3, -0.25) is 9.48 Å². The van der Waals surface area contributed by atoms with Crippen LogP contribution in [0.1, 0.15) is 10.4 Å². The number of carbonyl (C=O) groups excluding carboxylic acids is 1. The zero-order valence-electron chi connectivity index (χ0n) is 11.7. The SMILES string of the molecule is CN(C)C(=O)c1ccc(N)c(NCCn2cccn2)c1. The van der Waals surface area contributed by atoms with Gasteiger partial charge in [-0.2, -0.15) is 5.10 Å². The summed E-state index contributed by atoms with van der Waals surface area (Å²) in [7, 11) is 3.45. The third-order valence-electron chi connectivity index (χ3n) is 2.92. The summed E-state index contributed by atoms with van der Waals surface area (Å²) in [6.45, 7) is 1.42. The second-order valence-corrected chi connectivity index (χ2v) is 4.70. The van der Waals surface area contributed by atoms with Crippen molar-refractivity contribution in [2.24, 2.45) is 0 Å². The predicted molar refractivity (Wildman–Crippen MR) is 79.6 cm³/mol. The van der Waals surface area contributed by atoms with Crippen LogP contribution in [0.15, 0.2) is 36.7 Å². The molecular formula is C14H19N5O. The van der Waals surface area contributed by atoms with Gasteiger partial charge in [-0.15, -0.1) is 0 Å². The van der Waals surface area contributed by atoms with E-state index >= 15 is 0 Å². The van der Waals surface area contributed by atoms with E-state index in [4.69, 9.17) is 5.73 Å². The van der Waals surface area contributed by atoms with E-state index in [9.17, 15) is 4.79 Å². The number of anilines is 2. The van der Waals surface area contributed by atoms with Crippen LogP contribution in [0.25, 0.3) is 0 Å². The first-order valence-corrected chi connectivity index (χ1v) is 6.40. The average Bonchev–Trinajstić information content (AvgIpc) is 2.93. The molecule has 0 radical (unpaired) electrons. The van der Waals surface area contributed by atoms with Crippen LogP contribution in [0.2, 0.25) is 0 Å². The number of hydrogen-bond acceptors (Lipinski definition) is 4. The lowest BCUT2D eigenvalue weighted by Crippen LogP contribution is -2.22. The molecule has 0 aliphatic heterocycles. The molecule has 6 heteroatoms. The minimum atomic E-state index is -0.0415. The van der Waals surface area contributed by atoms with Crippen molar-refractivity contribution >= 4 is 17.3 Å². The Hall–Kier alpha value is -2.50. The number of nitrogens with zero attached hydrogens (tertiary/aromatic N) is 3. The molecule has 0 saturated heterocycles. The van der Waals surface area contributed by atoms with Crippen LogP contribution >= 0.6 is 0 Å². The quantitative estimate of drug-likeness (QED) is 0.805. The molecule has 1 aromatic heterocycles. The van der Waals surface area contributed by atoms with Crippen molar-refractivity contribution in [2.75, 3.05) is 31.7 Å². The number of nitrogen functional groups attached to an aromatic ring is 1. The molecule has 1 aromatic carbocycles. The molecule has 20 heavy (non-hydrogen) atoms. The summed E-state index contributed by atoms with van der Waals surface area (Å²) in [5.74, 6) is -0.0415. The van der Waals surface area contributed by atoms with Crippen molar-refractivity contribution in [1.29, 1.82) is 0 Å². The summed E-state index contributed by atoms with van der Waals surface area (Å²) in [5.41, 5.74) is 7.93. The van der Waals surface area contributed by atoms with Crippen LogP contribution in [-0.4, -0.2) is 41.2 Å². The van der Waals surface area contributed by atoms with Crippen molar-refractivity contribution < 1.29 is 4.79 Å². The van der Waals surface area contributed by atoms with Crippen molar-refractivity contribution in [2.45, 2.75) is 6.54 Å². The Bertz CT molecular complexity index is 577. The van der Waals surface area contributed by atoms with Crippen LogP contribution in [0.5, 0.6) is 0 Å². The first-order chi connectivity index (χ1) is 9.58. The van der Waals surface area contributed by atoms with E-state index in [-0.39, 0.29) is 5.91 Å². The molecule has 0 aliphatic carbocycles. The zero-order valence-corrected chi connectivity index (χ0v) is 11.7. The van der Waals surface area contributed by atoms with Crippen LogP contribution in [0.4, 0.5) is 11.4 Å². The Labute approximate surface area is 118 Å². The Morgan fingerprint density at radius 3 is 2.90 bits per heavy atom. The van der Waals surface area contributed by atoms with Crippen molar-refractivity contribution in [1.82, 2.24) is 14.7 Å². The second-order valence-electron chi connectivity index (χ2n) is 4.70. The molecular weight excluding hydrogens is 254 g/mol. The highest BCUT2D eigenvalue weighted by Crippen LogP contribution is 2.20. The Morgan fingerprint density at radius 1 is 1.45 bits per heavy atom. The lowest BCUT2D eigenvalue weighted by atomic mass is 10.1. The molecule has 6 nitrogen and oxygen atoms in total. The molecule has 0 aliphatic rings. The van der Waals surface area contributed by atoms with Gasteiger partial charge in [0, 0.05) is 38.6 Å². The Kier molecular flexibility index (Phi) is 4.24. The van der Waals surface area contributed by atoms with E-state index in [2.05, 4.69) is 10.4 Å². The highest BCUT2D eigenvalue weighted by Gasteiger charge is 2.10. The molecule has 0 atom stereocenters. The Morgan fingerprint density at radius 2 is 2.25 bits per heavy atom. The molecule has 106 valence electrons. The fraction of sp³-hybridized carbons (Fsp3) is 0.286. The van der Waals surface area contributed by atoms with Gasteiger partial charge in [0.2, 0.25) is 0 Å². The predicted octanol–water partition coefficient (Wildman–Crippen LogP) is 1.28. The van der Waals surface area contributed by atoms with Crippen molar-refractivity contribution in [3.8, 4) is 0 Å². The van der Waals surface area contributed by atoms with Crippen LogP contribution in [0.3, 0.4) is 0 Å². The summed E-state index contributed by atoms with van der Waals surface area (Å²) in [5, 5.41) is 7.35. The van der Waals surface area contributed by atoms with E-state index in [1.807, 2.05) is 16.9 Å². The molecule has 0 bridgehead atoms. The van der Waals surface area contributed by atoms with Gasteiger partial charge in [0.1, 0.15) is 0 Å². The van der Waals surface area contributed by atoms with E-state index < -0.39 is 0 Å². The van der Waals surface area contributed by atoms with E-state index in [0.29, 0.717) is 17.8 Å². The fourth-order valence-corrected chi connectivity index (χ4v) is 1.84. The first kappa shape index (κ1) is 13.9. The third-order valence-corrected chi connectivity index (χ3v) is 2.92. The summed E-state index contributed by atoms with van der Waals surface area (Å²) in [6, 6.07) is 7.13. The summed E-state index contributed by atoms with van der Waals surface area (Å²) in [6.07, 6.45) is 3.64. The molecule has 0 spiro atoms. The van der Waals surface area contributed by atoms with Gasteiger partial charge < -0.3 is 16.0 Å². The molecule has 2 rings (SSSR count). The van der Waals surface area contributed by atoms with Gasteiger partial charge in [0.25, 0.3) is 5.91 Å². The van der Waals surface area contributed by atoms with Crippen molar-refractivity contribution in [3.63, 3.8) is 0 Å². The van der Waals surface area contributed by atoms with Crippen LogP contribution < -0.4 is 11.1 Å². The van der Waals surface area contributed by atoms with Gasteiger partial charge in [0.15, 0.2) is 0 Å². The summed E-state index contributed by atoms with van der Waals surface area (Å²) >= 11 is 0. The number of benzene rings is 1. The maximum Gasteiger partial charge on any atom is 0.253 e. The standard InChI is InChI=1S/C14H19N5O/c1-18(2)14(20)11-4-5-12(15)13(10-11)16-7-9-19-8-3-6-17-19/h3-6,8,10,16H,7,9,15H2,1-2H3. The average molecular weight is 273 g/mol. The smallest absolute Gasteiger partial charge is 0.253 e.